The molecule has 2 aromatic rings. The van der Waals surface area contributed by atoms with E-state index in [0.29, 0.717) is 11.3 Å². The van der Waals surface area contributed by atoms with Crippen LogP contribution < -0.4 is 10.6 Å². The van der Waals surface area contributed by atoms with Gasteiger partial charge >= 0.3 is 0 Å². The van der Waals surface area contributed by atoms with Gasteiger partial charge in [0.15, 0.2) is 5.78 Å². The van der Waals surface area contributed by atoms with Gasteiger partial charge in [0.1, 0.15) is 6.04 Å². The zero-order valence-electron chi connectivity index (χ0n) is 13.9. The molecule has 0 fully saturated rings. The third-order valence-corrected chi connectivity index (χ3v) is 3.69. The van der Waals surface area contributed by atoms with Gasteiger partial charge in [0, 0.05) is 16.9 Å². The van der Waals surface area contributed by atoms with E-state index in [4.69, 9.17) is 0 Å². The van der Waals surface area contributed by atoms with Crippen LogP contribution in [0.1, 0.15) is 35.3 Å². The van der Waals surface area contributed by atoms with E-state index in [2.05, 4.69) is 10.6 Å². The molecular weight excluding hydrogens is 288 g/mol. The van der Waals surface area contributed by atoms with E-state index in [1.54, 1.807) is 24.3 Å². The molecule has 0 radical (unpaired) electrons. The van der Waals surface area contributed by atoms with Crippen LogP contribution in [0.4, 0.5) is 11.4 Å². The van der Waals surface area contributed by atoms with Crippen molar-refractivity contribution in [2.24, 2.45) is 0 Å². The fourth-order valence-electron chi connectivity index (χ4n) is 2.26. The fraction of sp³-hybridized carbons (Fsp3) is 0.263. The highest BCUT2D eigenvalue weighted by atomic mass is 16.2. The number of anilines is 2. The van der Waals surface area contributed by atoms with E-state index < -0.39 is 6.04 Å². The SMILES string of the molecule is CC(=O)c1cccc(NC(=O)[C@@H](C)Nc2cc(C)ccc2C)c1. The number of amides is 1. The largest absolute Gasteiger partial charge is 0.374 e. The molecule has 4 nitrogen and oxygen atoms in total. The van der Waals surface area contributed by atoms with Crippen LogP contribution in [0.5, 0.6) is 0 Å². The quantitative estimate of drug-likeness (QED) is 0.822. The molecule has 2 rings (SSSR count). The number of carbonyl (C=O) groups excluding carboxylic acids is 2. The van der Waals surface area contributed by atoms with Crippen LogP contribution in [0.3, 0.4) is 0 Å². The lowest BCUT2D eigenvalue weighted by atomic mass is 10.1. The lowest BCUT2D eigenvalue weighted by molar-refractivity contribution is -0.116. The molecule has 23 heavy (non-hydrogen) atoms. The highest BCUT2D eigenvalue weighted by molar-refractivity contribution is 5.99. The highest BCUT2D eigenvalue weighted by Crippen LogP contribution is 2.18. The minimum atomic E-state index is -0.392. The van der Waals surface area contributed by atoms with Crippen LogP contribution in [-0.4, -0.2) is 17.7 Å². The fourth-order valence-corrected chi connectivity index (χ4v) is 2.26. The summed E-state index contributed by atoms with van der Waals surface area (Å²) in [5.74, 6) is -0.172. The van der Waals surface area contributed by atoms with E-state index in [1.165, 1.54) is 6.92 Å². The lowest BCUT2D eigenvalue weighted by Gasteiger charge is -2.17. The molecule has 1 atom stereocenters. The van der Waals surface area contributed by atoms with Gasteiger partial charge in [0.05, 0.1) is 0 Å². The number of aryl methyl sites for hydroxylation is 2. The minimum Gasteiger partial charge on any atom is -0.374 e. The second-order valence-corrected chi connectivity index (χ2v) is 5.81. The molecule has 0 saturated carbocycles. The molecular formula is C19H22N2O2. The molecule has 0 unspecified atom stereocenters. The van der Waals surface area contributed by atoms with Crippen LogP contribution in [0, 0.1) is 13.8 Å². The number of ketones is 1. The number of hydrogen-bond acceptors (Lipinski definition) is 3. The van der Waals surface area contributed by atoms with Crippen molar-refractivity contribution in [2.45, 2.75) is 33.7 Å². The Labute approximate surface area is 136 Å². The van der Waals surface area contributed by atoms with E-state index in [0.717, 1.165) is 16.8 Å². The third kappa shape index (κ3) is 4.42. The first-order valence-corrected chi connectivity index (χ1v) is 7.62. The van der Waals surface area contributed by atoms with Crippen molar-refractivity contribution in [3.8, 4) is 0 Å². The minimum absolute atomic E-state index is 0.0253. The van der Waals surface area contributed by atoms with Gasteiger partial charge in [-0.2, -0.15) is 0 Å². The summed E-state index contributed by atoms with van der Waals surface area (Å²) >= 11 is 0. The monoisotopic (exact) mass is 310 g/mol. The Morgan fingerprint density at radius 1 is 1.04 bits per heavy atom. The van der Waals surface area contributed by atoms with Crippen LogP contribution in [0.15, 0.2) is 42.5 Å². The van der Waals surface area contributed by atoms with Crippen molar-refractivity contribution >= 4 is 23.1 Å². The van der Waals surface area contributed by atoms with Gasteiger partial charge < -0.3 is 10.6 Å². The lowest BCUT2D eigenvalue weighted by Crippen LogP contribution is -2.32. The second kappa shape index (κ2) is 7.09. The first-order valence-electron chi connectivity index (χ1n) is 7.62. The summed E-state index contributed by atoms with van der Waals surface area (Å²) in [5, 5.41) is 6.07. The van der Waals surface area contributed by atoms with Gasteiger partial charge in [-0.25, -0.2) is 0 Å². The molecule has 0 aliphatic heterocycles. The maximum atomic E-state index is 12.3. The Morgan fingerprint density at radius 3 is 2.48 bits per heavy atom. The van der Waals surface area contributed by atoms with Gasteiger partial charge in [-0.1, -0.05) is 24.3 Å². The molecule has 0 aliphatic rings. The summed E-state index contributed by atoms with van der Waals surface area (Å²) in [4.78, 5) is 23.7. The molecule has 0 aromatic heterocycles. The Balaban J connectivity index is 2.07. The molecule has 2 aromatic carbocycles. The topological polar surface area (TPSA) is 58.2 Å². The molecule has 0 spiro atoms. The average molecular weight is 310 g/mol. The van der Waals surface area contributed by atoms with Crippen molar-refractivity contribution in [3.05, 3.63) is 59.2 Å². The van der Waals surface area contributed by atoms with E-state index >= 15 is 0 Å². The molecule has 0 bridgehead atoms. The zero-order chi connectivity index (χ0) is 17.0. The number of rotatable bonds is 5. The summed E-state index contributed by atoms with van der Waals surface area (Å²) in [6.45, 7) is 7.34. The Kier molecular flexibility index (Phi) is 5.16. The number of benzene rings is 2. The third-order valence-electron chi connectivity index (χ3n) is 3.69. The summed E-state index contributed by atoms with van der Waals surface area (Å²) in [5.41, 5.74) is 4.38. The molecule has 4 heteroatoms. The number of nitrogens with one attached hydrogen (secondary N) is 2. The Bertz CT molecular complexity index is 738. The van der Waals surface area contributed by atoms with Crippen molar-refractivity contribution in [1.29, 1.82) is 0 Å². The first-order chi connectivity index (χ1) is 10.9. The molecule has 120 valence electrons. The van der Waals surface area contributed by atoms with Crippen molar-refractivity contribution < 1.29 is 9.59 Å². The number of carbonyl (C=O) groups is 2. The second-order valence-electron chi connectivity index (χ2n) is 5.81. The van der Waals surface area contributed by atoms with Crippen LogP contribution >= 0.6 is 0 Å². The smallest absolute Gasteiger partial charge is 0.246 e. The predicted octanol–water partition coefficient (Wildman–Crippen LogP) is 3.95. The van der Waals surface area contributed by atoms with Crippen LogP contribution in [0.2, 0.25) is 0 Å². The van der Waals surface area contributed by atoms with Crippen LogP contribution in [0.25, 0.3) is 0 Å². The molecule has 2 N–H and O–H groups in total. The van der Waals surface area contributed by atoms with E-state index in [-0.39, 0.29) is 11.7 Å². The van der Waals surface area contributed by atoms with Crippen molar-refractivity contribution in [2.75, 3.05) is 10.6 Å². The Hall–Kier alpha value is -2.62. The maximum absolute atomic E-state index is 12.3. The van der Waals surface area contributed by atoms with Gasteiger partial charge in [0.25, 0.3) is 0 Å². The molecule has 0 saturated heterocycles. The molecule has 0 heterocycles. The number of hydrogen-bond donors (Lipinski definition) is 2. The zero-order valence-corrected chi connectivity index (χ0v) is 13.9. The summed E-state index contributed by atoms with van der Waals surface area (Å²) in [6.07, 6.45) is 0. The average Bonchev–Trinajstić information content (AvgIpc) is 2.51. The maximum Gasteiger partial charge on any atom is 0.246 e. The van der Waals surface area contributed by atoms with Crippen molar-refractivity contribution in [3.63, 3.8) is 0 Å². The standard InChI is InChI=1S/C19H22N2O2/c1-12-8-9-13(2)18(10-12)20-14(3)19(23)21-17-7-5-6-16(11-17)15(4)22/h5-11,14,20H,1-4H3,(H,21,23)/t14-/m1/s1. The Morgan fingerprint density at radius 2 is 1.78 bits per heavy atom. The normalized spacial score (nSPS) is 11.7. The highest BCUT2D eigenvalue weighted by Gasteiger charge is 2.14. The van der Waals surface area contributed by atoms with Crippen LogP contribution in [-0.2, 0) is 4.79 Å². The molecule has 1 amide bonds. The van der Waals surface area contributed by atoms with Gasteiger partial charge in [-0.05, 0) is 57.0 Å². The van der Waals surface area contributed by atoms with Gasteiger partial charge in [-0.15, -0.1) is 0 Å². The van der Waals surface area contributed by atoms with E-state index in [9.17, 15) is 9.59 Å². The summed E-state index contributed by atoms with van der Waals surface area (Å²) < 4.78 is 0. The summed E-state index contributed by atoms with van der Waals surface area (Å²) in [6, 6.07) is 12.6. The number of Topliss-reactive ketones (excluding diaryl/α,β-unsaturated/α-hetero) is 1. The molecule has 0 aliphatic carbocycles. The predicted molar refractivity (Wildman–Crippen MR) is 94.1 cm³/mol. The first kappa shape index (κ1) is 16.7. The summed E-state index contributed by atoms with van der Waals surface area (Å²) in [7, 11) is 0. The van der Waals surface area contributed by atoms with Gasteiger partial charge in [0.2, 0.25) is 5.91 Å². The van der Waals surface area contributed by atoms with Gasteiger partial charge in [-0.3, -0.25) is 9.59 Å². The van der Waals surface area contributed by atoms with Crippen molar-refractivity contribution in [1.82, 2.24) is 0 Å². The van der Waals surface area contributed by atoms with E-state index in [1.807, 2.05) is 39.0 Å².